The number of anilines is 2. The molecule has 4 aromatic rings. The zero-order chi connectivity index (χ0) is 27.4. The lowest BCUT2D eigenvalue weighted by Crippen LogP contribution is -2.44. The van der Waals surface area contributed by atoms with Crippen molar-refractivity contribution in [1.82, 2.24) is 9.88 Å². The van der Waals surface area contributed by atoms with Gasteiger partial charge in [0.25, 0.3) is 5.22 Å². The number of likely N-dealkylation sites (N-methyl/N-ethyl adjacent to an activating group) is 1. The maximum absolute atomic E-state index is 13.5. The molecule has 1 N–H and O–H groups in total. The number of benzene rings is 3. The lowest BCUT2D eigenvalue weighted by atomic mass is 10.1. The lowest BCUT2D eigenvalue weighted by Gasteiger charge is -2.35. The van der Waals surface area contributed by atoms with E-state index >= 15 is 0 Å². The first-order valence-corrected chi connectivity index (χ1v) is 13.5. The molecular formula is C29H27F3N4O2S. The van der Waals surface area contributed by atoms with Gasteiger partial charge in [-0.05, 0) is 25.2 Å². The Labute approximate surface area is 228 Å². The van der Waals surface area contributed by atoms with Crippen LogP contribution in [0, 0.1) is 0 Å². The Morgan fingerprint density at radius 1 is 0.949 bits per heavy atom. The largest absolute Gasteiger partial charge is 0.431 e. The number of hydrogen-bond acceptors (Lipinski definition) is 6. The molecule has 0 atom stereocenters. The summed E-state index contributed by atoms with van der Waals surface area (Å²) in [6, 6.07) is 22.6. The first-order valence-electron chi connectivity index (χ1n) is 12.5. The number of aromatic nitrogens is 1. The summed E-state index contributed by atoms with van der Waals surface area (Å²) in [5.74, 6) is 0.0526. The minimum atomic E-state index is -4.52. The van der Waals surface area contributed by atoms with Gasteiger partial charge in [0, 0.05) is 37.3 Å². The number of rotatable bonds is 7. The van der Waals surface area contributed by atoms with Crippen LogP contribution in [-0.4, -0.2) is 54.8 Å². The predicted octanol–water partition coefficient (Wildman–Crippen LogP) is 6.51. The molecule has 1 saturated heterocycles. The standard InChI is InChI=1S/C29H27F3N4O2S/c1-35-14-16-36(17-15-35)24-13-12-22(29(30,31)32)18-23(24)33-25(37)19-39-28-34-26(20-8-4-2-5-9-20)27(38-28)21-10-6-3-7-11-21/h2-13,18H,14-17,19H2,1H3,(H,33,37). The summed E-state index contributed by atoms with van der Waals surface area (Å²) in [5.41, 5.74) is 2.28. The van der Waals surface area contributed by atoms with Gasteiger partial charge in [0.2, 0.25) is 5.91 Å². The minimum absolute atomic E-state index is 0.0819. The van der Waals surface area contributed by atoms with Crippen LogP contribution in [0.25, 0.3) is 22.6 Å². The zero-order valence-electron chi connectivity index (χ0n) is 21.2. The van der Waals surface area contributed by atoms with Crippen LogP contribution in [0.4, 0.5) is 24.5 Å². The number of halogens is 3. The fourth-order valence-electron chi connectivity index (χ4n) is 4.39. The second-order valence-corrected chi connectivity index (χ2v) is 10.2. The summed E-state index contributed by atoms with van der Waals surface area (Å²) in [6.07, 6.45) is -4.52. The van der Waals surface area contributed by atoms with Crippen molar-refractivity contribution >= 4 is 29.0 Å². The molecule has 39 heavy (non-hydrogen) atoms. The highest BCUT2D eigenvalue weighted by Gasteiger charge is 2.32. The minimum Gasteiger partial charge on any atom is -0.431 e. The molecule has 2 heterocycles. The predicted molar refractivity (Wildman–Crippen MR) is 148 cm³/mol. The van der Waals surface area contributed by atoms with Gasteiger partial charge in [-0.3, -0.25) is 4.79 Å². The molecule has 0 saturated carbocycles. The molecule has 1 fully saturated rings. The topological polar surface area (TPSA) is 61.6 Å². The molecule has 0 unspecified atom stereocenters. The Hall–Kier alpha value is -3.76. The van der Waals surface area contributed by atoms with E-state index in [1.54, 1.807) is 0 Å². The zero-order valence-corrected chi connectivity index (χ0v) is 22.1. The Morgan fingerprint density at radius 2 is 1.59 bits per heavy atom. The molecular weight excluding hydrogens is 525 g/mol. The molecule has 3 aromatic carbocycles. The van der Waals surface area contributed by atoms with Crippen LogP contribution in [-0.2, 0) is 11.0 Å². The molecule has 5 rings (SSSR count). The van der Waals surface area contributed by atoms with Crippen molar-refractivity contribution in [3.63, 3.8) is 0 Å². The smallest absolute Gasteiger partial charge is 0.416 e. The third-order valence-electron chi connectivity index (χ3n) is 6.46. The van der Waals surface area contributed by atoms with E-state index in [4.69, 9.17) is 4.42 Å². The van der Waals surface area contributed by atoms with Crippen molar-refractivity contribution in [2.24, 2.45) is 0 Å². The van der Waals surface area contributed by atoms with E-state index in [1.165, 1.54) is 6.07 Å². The fourth-order valence-corrected chi connectivity index (χ4v) is 5.01. The van der Waals surface area contributed by atoms with E-state index in [0.29, 0.717) is 35.5 Å². The highest BCUT2D eigenvalue weighted by atomic mass is 32.2. The molecule has 0 aliphatic carbocycles. The molecule has 6 nitrogen and oxygen atoms in total. The van der Waals surface area contributed by atoms with Gasteiger partial charge in [0.05, 0.1) is 22.7 Å². The van der Waals surface area contributed by atoms with Crippen LogP contribution in [0.15, 0.2) is 88.5 Å². The number of nitrogens with one attached hydrogen (secondary N) is 1. The molecule has 0 radical (unpaired) electrons. The first kappa shape index (κ1) is 26.8. The van der Waals surface area contributed by atoms with Crippen LogP contribution >= 0.6 is 11.8 Å². The number of nitrogens with zero attached hydrogens (tertiary/aromatic N) is 3. The molecule has 1 aromatic heterocycles. The van der Waals surface area contributed by atoms with E-state index in [2.05, 4.69) is 15.2 Å². The Bertz CT molecular complexity index is 1360. The second-order valence-electron chi connectivity index (χ2n) is 9.25. The Kier molecular flexibility index (Phi) is 7.94. The number of oxazole rings is 1. The number of carbonyl (C=O) groups is 1. The molecule has 1 aliphatic rings. The van der Waals surface area contributed by atoms with E-state index in [-0.39, 0.29) is 11.4 Å². The Balaban J connectivity index is 1.35. The van der Waals surface area contributed by atoms with Crippen molar-refractivity contribution in [3.8, 4) is 22.6 Å². The average Bonchev–Trinajstić information content (AvgIpc) is 3.37. The van der Waals surface area contributed by atoms with E-state index in [0.717, 1.165) is 48.1 Å². The normalized spacial score (nSPS) is 14.4. The summed E-state index contributed by atoms with van der Waals surface area (Å²) >= 11 is 1.09. The average molecular weight is 553 g/mol. The van der Waals surface area contributed by atoms with Crippen LogP contribution in [0.1, 0.15) is 5.56 Å². The van der Waals surface area contributed by atoms with Crippen molar-refractivity contribution in [2.75, 3.05) is 49.2 Å². The summed E-state index contributed by atoms with van der Waals surface area (Å²) in [7, 11) is 2.00. The van der Waals surface area contributed by atoms with Gasteiger partial charge in [0.15, 0.2) is 5.76 Å². The molecule has 0 bridgehead atoms. The number of alkyl halides is 3. The lowest BCUT2D eigenvalue weighted by molar-refractivity contribution is -0.137. The highest BCUT2D eigenvalue weighted by molar-refractivity contribution is 7.99. The van der Waals surface area contributed by atoms with Gasteiger partial charge in [-0.25, -0.2) is 4.98 Å². The van der Waals surface area contributed by atoms with Gasteiger partial charge in [-0.1, -0.05) is 72.4 Å². The van der Waals surface area contributed by atoms with E-state index in [1.807, 2.05) is 72.6 Å². The van der Waals surface area contributed by atoms with Crippen molar-refractivity contribution in [1.29, 1.82) is 0 Å². The van der Waals surface area contributed by atoms with Crippen molar-refractivity contribution < 1.29 is 22.4 Å². The summed E-state index contributed by atoms with van der Waals surface area (Å²) < 4.78 is 46.4. The van der Waals surface area contributed by atoms with Crippen LogP contribution in [0.2, 0.25) is 0 Å². The van der Waals surface area contributed by atoms with Gasteiger partial charge in [-0.2, -0.15) is 13.2 Å². The number of amides is 1. The molecule has 10 heteroatoms. The number of carbonyl (C=O) groups excluding carboxylic acids is 1. The summed E-state index contributed by atoms with van der Waals surface area (Å²) in [5, 5.41) is 3.00. The van der Waals surface area contributed by atoms with Crippen LogP contribution in [0.5, 0.6) is 0 Å². The third kappa shape index (κ3) is 6.46. The summed E-state index contributed by atoms with van der Waals surface area (Å²) in [6.45, 7) is 2.87. The quantitative estimate of drug-likeness (QED) is 0.264. The molecule has 1 aliphatic heterocycles. The fraction of sp³-hybridized carbons (Fsp3) is 0.241. The third-order valence-corrected chi connectivity index (χ3v) is 7.29. The number of hydrogen-bond donors (Lipinski definition) is 1. The van der Waals surface area contributed by atoms with Gasteiger partial charge in [0.1, 0.15) is 5.69 Å². The highest BCUT2D eigenvalue weighted by Crippen LogP contribution is 2.37. The monoisotopic (exact) mass is 552 g/mol. The van der Waals surface area contributed by atoms with Gasteiger partial charge < -0.3 is 19.5 Å². The maximum atomic E-state index is 13.5. The van der Waals surface area contributed by atoms with Crippen LogP contribution in [0.3, 0.4) is 0 Å². The number of piperazine rings is 1. The van der Waals surface area contributed by atoms with E-state index < -0.39 is 17.6 Å². The van der Waals surface area contributed by atoms with Crippen molar-refractivity contribution in [3.05, 3.63) is 84.4 Å². The molecule has 0 spiro atoms. The van der Waals surface area contributed by atoms with E-state index in [9.17, 15) is 18.0 Å². The first-order chi connectivity index (χ1) is 18.8. The van der Waals surface area contributed by atoms with Gasteiger partial charge in [-0.15, -0.1) is 0 Å². The maximum Gasteiger partial charge on any atom is 0.416 e. The summed E-state index contributed by atoms with van der Waals surface area (Å²) in [4.78, 5) is 21.7. The molecule has 1 amide bonds. The van der Waals surface area contributed by atoms with Crippen LogP contribution < -0.4 is 10.2 Å². The van der Waals surface area contributed by atoms with Gasteiger partial charge >= 0.3 is 6.18 Å². The molecule has 202 valence electrons. The number of thioether (sulfide) groups is 1. The van der Waals surface area contributed by atoms with Crippen molar-refractivity contribution in [2.45, 2.75) is 11.4 Å². The SMILES string of the molecule is CN1CCN(c2ccc(C(F)(F)F)cc2NC(=O)CSc2nc(-c3ccccc3)c(-c3ccccc3)o2)CC1. The Morgan fingerprint density at radius 3 is 2.23 bits per heavy atom. The second kappa shape index (κ2) is 11.5.